The highest BCUT2D eigenvalue weighted by Gasteiger charge is 2.39. The molecular weight excluding hydrogens is 304 g/mol. The number of nitrogens with zero attached hydrogens (tertiary/aromatic N) is 6. The molecule has 2 saturated heterocycles. The van der Waals surface area contributed by atoms with E-state index in [1.807, 2.05) is 17.9 Å². The maximum absolute atomic E-state index is 5.40. The topological polar surface area (TPSA) is 59.3 Å². The van der Waals surface area contributed by atoms with Gasteiger partial charge in [-0.25, -0.2) is 9.97 Å². The predicted octanol–water partition coefficient (Wildman–Crippen LogP) is 1.32. The zero-order valence-electron chi connectivity index (χ0n) is 14.3. The van der Waals surface area contributed by atoms with E-state index in [-0.39, 0.29) is 0 Å². The number of piperidine rings is 1. The van der Waals surface area contributed by atoms with E-state index in [0.717, 1.165) is 37.9 Å². The molecule has 0 aliphatic carbocycles. The summed E-state index contributed by atoms with van der Waals surface area (Å²) in [7, 11) is 3.67. The molecule has 0 amide bonds. The van der Waals surface area contributed by atoms with Crippen LogP contribution in [0, 0.1) is 5.92 Å². The molecule has 4 heterocycles. The summed E-state index contributed by atoms with van der Waals surface area (Å²) < 4.78 is 7.37. The molecule has 0 aromatic carbocycles. The van der Waals surface area contributed by atoms with E-state index in [1.165, 1.54) is 18.5 Å². The Morgan fingerprint density at radius 1 is 1.17 bits per heavy atom. The van der Waals surface area contributed by atoms with Crippen molar-refractivity contribution < 1.29 is 4.74 Å². The Bertz CT molecular complexity index is 702. The van der Waals surface area contributed by atoms with E-state index in [9.17, 15) is 0 Å². The van der Waals surface area contributed by atoms with Gasteiger partial charge in [-0.05, 0) is 31.4 Å². The molecule has 2 atom stereocenters. The lowest BCUT2D eigenvalue weighted by Gasteiger charge is -2.39. The van der Waals surface area contributed by atoms with Crippen LogP contribution in [0.3, 0.4) is 0 Å². The van der Waals surface area contributed by atoms with Gasteiger partial charge in [0.1, 0.15) is 0 Å². The van der Waals surface area contributed by atoms with Gasteiger partial charge in [-0.1, -0.05) is 0 Å². The monoisotopic (exact) mass is 328 g/mol. The van der Waals surface area contributed by atoms with Crippen LogP contribution in [0.4, 0.5) is 5.82 Å². The van der Waals surface area contributed by atoms with Gasteiger partial charge in [0.25, 0.3) is 5.88 Å². The second kappa shape index (κ2) is 6.39. The van der Waals surface area contributed by atoms with Crippen LogP contribution in [0.1, 0.15) is 18.5 Å². The summed E-state index contributed by atoms with van der Waals surface area (Å²) in [5, 5.41) is 4.29. The van der Waals surface area contributed by atoms with Crippen LogP contribution in [0.15, 0.2) is 24.7 Å². The molecule has 0 spiro atoms. The first-order valence-corrected chi connectivity index (χ1v) is 8.57. The number of rotatable bonds is 4. The molecule has 2 aromatic heterocycles. The van der Waals surface area contributed by atoms with Crippen molar-refractivity contribution in [2.24, 2.45) is 13.0 Å². The van der Waals surface area contributed by atoms with Crippen LogP contribution in [-0.2, 0) is 13.6 Å². The van der Waals surface area contributed by atoms with E-state index in [1.54, 1.807) is 19.5 Å². The van der Waals surface area contributed by atoms with E-state index in [0.29, 0.717) is 11.9 Å². The smallest absolute Gasteiger partial charge is 0.257 e. The molecule has 0 saturated carbocycles. The highest BCUT2D eigenvalue weighted by atomic mass is 16.5. The third-order valence-corrected chi connectivity index (χ3v) is 5.40. The van der Waals surface area contributed by atoms with Crippen LogP contribution in [0.25, 0.3) is 0 Å². The van der Waals surface area contributed by atoms with Gasteiger partial charge >= 0.3 is 0 Å². The number of likely N-dealkylation sites (tertiary alicyclic amines) is 1. The van der Waals surface area contributed by atoms with Gasteiger partial charge in [0, 0.05) is 51.3 Å². The maximum Gasteiger partial charge on any atom is 0.257 e. The molecule has 0 radical (unpaired) electrons. The first-order chi connectivity index (χ1) is 11.8. The number of aromatic nitrogens is 4. The summed E-state index contributed by atoms with van der Waals surface area (Å²) in [6.45, 7) is 4.13. The summed E-state index contributed by atoms with van der Waals surface area (Å²) >= 11 is 0. The molecule has 2 fully saturated rings. The zero-order chi connectivity index (χ0) is 16.5. The van der Waals surface area contributed by atoms with Crippen molar-refractivity contribution in [1.82, 2.24) is 24.6 Å². The molecule has 7 nitrogen and oxygen atoms in total. The molecule has 7 heteroatoms. The molecule has 128 valence electrons. The van der Waals surface area contributed by atoms with Crippen molar-refractivity contribution in [1.29, 1.82) is 0 Å². The standard InChI is InChI=1S/C17H24N6O/c1-21-14(3-6-20-21)11-22-9-4-13-5-10-23(12-15(13)22)16-17(24-2)19-8-7-18-16/h3,6-8,13,15H,4-5,9-12H2,1-2H3. The number of methoxy groups -OCH3 is 1. The normalized spacial score (nSPS) is 24.2. The Hall–Kier alpha value is -2.15. The highest BCUT2D eigenvalue weighted by molar-refractivity contribution is 5.48. The average molecular weight is 328 g/mol. The highest BCUT2D eigenvalue weighted by Crippen LogP contribution is 2.35. The maximum atomic E-state index is 5.40. The number of hydrogen-bond acceptors (Lipinski definition) is 6. The van der Waals surface area contributed by atoms with Gasteiger partial charge in [0.2, 0.25) is 0 Å². The Balaban J connectivity index is 1.51. The molecule has 24 heavy (non-hydrogen) atoms. The predicted molar refractivity (Wildman–Crippen MR) is 90.9 cm³/mol. The van der Waals surface area contributed by atoms with Crippen LogP contribution in [0.5, 0.6) is 5.88 Å². The largest absolute Gasteiger partial charge is 0.478 e. The lowest BCUT2D eigenvalue weighted by molar-refractivity contribution is 0.195. The minimum Gasteiger partial charge on any atom is -0.478 e. The lowest BCUT2D eigenvalue weighted by atomic mass is 9.92. The van der Waals surface area contributed by atoms with Gasteiger partial charge in [-0.3, -0.25) is 9.58 Å². The zero-order valence-corrected chi connectivity index (χ0v) is 14.3. The molecule has 2 unspecified atom stereocenters. The minimum absolute atomic E-state index is 0.556. The van der Waals surface area contributed by atoms with Gasteiger partial charge in [-0.2, -0.15) is 5.10 Å². The lowest BCUT2D eigenvalue weighted by Crippen LogP contribution is -2.48. The van der Waals surface area contributed by atoms with Crippen molar-refractivity contribution >= 4 is 5.82 Å². The van der Waals surface area contributed by atoms with Crippen molar-refractivity contribution in [3.8, 4) is 5.88 Å². The van der Waals surface area contributed by atoms with Crippen molar-refractivity contribution in [2.45, 2.75) is 25.4 Å². The van der Waals surface area contributed by atoms with Crippen LogP contribution >= 0.6 is 0 Å². The van der Waals surface area contributed by atoms with Crippen LogP contribution in [-0.4, -0.2) is 57.4 Å². The molecule has 2 aliphatic rings. The third-order valence-electron chi connectivity index (χ3n) is 5.40. The van der Waals surface area contributed by atoms with Crippen LogP contribution in [0.2, 0.25) is 0 Å². The molecular formula is C17H24N6O. The second-order valence-corrected chi connectivity index (χ2v) is 6.66. The van der Waals surface area contributed by atoms with E-state index in [4.69, 9.17) is 4.74 Å². The van der Waals surface area contributed by atoms with Gasteiger partial charge in [-0.15, -0.1) is 0 Å². The molecule has 4 rings (SSSR count). The van der Waals surface area contributed by atoms with Crippen LogP contribution < -0.4 is 9.64 Å². The van der Waals surface area contributed by atoms with E-state index < -0.39 is 0 Å². The van der Waals surface area contributed by atoms with Crippen molar-refractivity contribution in [2.75, 3.05) is 31.6 Å². The quantitative estimate of drug-likeness (QED) is 0.844. The molecule has 2 aromatic rings. The number of anilines is 1. The number of fused-ring (bicyclic) bond motifs is 1. The number of aryl methyl sites for hydroxylation is 1. The van der Waals surface area contributed by atoms with Gasteiger partial charge < -0.3 is 9.64 Å². The Morgan fingerprint density at radius 2 is 2.00 bits per heavy atom. The first-order valence-electron chi connectivity index (χ1n) is 8.57. The molecule has 0 N–H and O–H groups in total. The summed E-state index contributed by atoms with van der Waals surface area (Å²) in [5.41, 5.74) is 1.27. The Labute approximate surface area is 142 Å². The number of hydrogen-bond donors (Lipinski definition) is 0. The molecule has 2 aliphatic heterocycles. The number of ether oxygens (including phenoxy) is 1. The van der Waals surface area contributed by atoms with Gasteiger partial charge in [0.05, 0.1) is 12.8 Å². The van der Waals surface area contributed by atoms with Crippen molar-refractivity contribution in [3.05, 3.63) is 30.4 Å². The van der Waals surface area contributed by atoms with Crippen molar-refractivity contribution in [3.63, 3.8) is 0 Å². The summed E-state index contributed by atoms with van der Waals surface area (Å²) in [5.74, 6) is 2.26. The third kappa shape index (κ3) is 2.73. The van der Waals surface area contributed by atoms with Gasteiger partial charge in [0.15, 0.2) is 5.82 Å². The summed E-state index contributed by atoms with van der Waals surface area (Å²) in [4.78, 5) is 13.7. The SMILES string of the molecule is COc1nccnc1N1CCC2CCN(Cc3ccnn3C)C2C1. The average Bonchev–Trinajstić information content (AvgIpc) is 3.21. The second-order valence-electron chi connectivity index (χ2n) is 6.66. The fourth-order valence-electron chi connectivity index (χ4n) is 4.06. The minimum atomic E-state index is 0.556. The van der Waals surface area contributed by atoms with E-state index in [2.05, 4.69) is 30.9 Å². The van der Waals surface area contributed by atoms with E-state index >= 15 is 0 Å². The summed E-state index contributed by atoms with van der Waals surface area (Å²) in [6.07, 6.45) is 7.78. The first kappa shape index (κ1) is 15.4. The fraction of sp³-hybridized carbons (Fsp3) is 0.588. The Kier molecular flexibility index (Phi) is 4.10. The summed E-state index contributed by atoms with van der Waals surface area (Å²) in [6, 6.07) is 2.67. The Morgan fingerprint density at radius 3 is 2.79 bits per heavy atom. The molecule has 0 bridgehead atoms. The fourth-order valence-corrected chi connectivity index (χ4v) is 4.06.